The summed E-state index contributed by atoms with van der Waals surface area (Å²) in [5, 5.41) is 0. The summed E-state index contributed by atoms with van der Waals surface area (Å²) < 4.78 is 0. The zero-order chi connectivity index (χ0) is 9.97. The molecule has 14 heavy (non-hydrogen) atoms. The molecule has 0 spiro atoms. The van der Waals surface area contributed by atoms with Gasteiger partial charge in [0, 0.05) is 5.57 Å². The van der Waals surface area contributed by atoms with Gasteiger partial charge in [-0.3, -0.25) is 20.4 Å². The summed E-state index contributed by atoms with van der Waals surface area (Å²) >= 11 is 0. The summed E-state index contributed by atoms with van der Waals surface area (Å²) in [5.41, 5.74) is 5.43. The maximum Gasteiger partial charge on any atom is 0.266 e. The second kappa shape index (κ2) is 3.82. The van der Waals surface area contributed by atoms with Crippen LogP contribution in [-0.4, -0.2) is 11.8 Å². The van der Waals surface area contributed by atoms with E-state index in [-0.39, 0.29) is 17.7 Å². The molecule has 2 rings (SSSR count). The van der Waals surface area contributed by atoms with Gasteiger partial charge < -0.3 is 0 Å². The van der Waals surface area contributed by atoms with Crippen molar-refractivity contribution in [3.05, 3.63) is 11.6 Å². The lowest BCUT2D eigenvalue weighted by molar-refractivity contribution is -0.133. The van der Waals surface area contributed by atoms with Crippen LogP contribution in [0.5, 0.6) is 0 Å². The van der Waals surface area contributed by atoms with Crippen molar-refractivity contribution < 1.29 is 9.59 Å². The third kappa shape index (κ3) is 1.64. The molecule has 0 saturated carbocycles. The van der Waals surface area contributed by atoms with Crippen LogP contribution in [0.15, 0.2) is 11.6 Å². The monoisotopic (exact) mass is 194 g/mol. The molecule has 1 saturated heterocycles. The Balaban J connectivity index is 2.25. The number of hydrogen-bond acceptors (Lipinski definition) is 2. The Labute approximate surface area is 82.7 Å². The van der Waals surface area contributed by atoms with Crippen molar-refractivity contribution in [3.63, 3.8) is 0 Å². The highest BCUT2D eigenvalue weighted by atomic mass is 16.2. The van der Waals surface area contributed by atoms with E-state index in [4.69, 9.17) is 0 Å². The van der Waals surface area contributed by atoms with E-state index in [1.54, 1.807) is 0 Å². The molecule has 0 aromatic carbocycles. The number of rotatable bonds is 0. The fourth-order valence-electron chi connectivity index (χ4n) is 2.03. The number of allylic oxidation sites excluding steroid dienone is 1. The maximum atomic E-state index is 11.5. The average Bonchev–Trinajstić information content (AvgIpc) is 2.11. The van der Waals surface area contributed by atoms with Gasteiger partial charge in [0.15, 0.2) is 0 Å². The summed E-state index contributed by atoms with van der Waals surface area (Å²) in [7, 11) is 0. The number of nitrogens with one attached hydrogen (secondary N) is 2. The van der Waals surface area contributed by atoms with Crippen molar-refractivity contribution >= 4 is 11.8 Å². The minimum Gasteiger partial charge on any atom is -0.273 e. The van der Waals surface area contributed by atoms with Crippen LogP contribution < -0.4 is 10.9 Å². The van der Waals surface area contributed by atoms with Crippen LogP contribution in [0.3, 0.4) is 0 Å². The van der Waals surface area contributed by atoms with Crippen LogP contribution in [-0.2, 0) is 9.59 Å². The van der Waals surface area contributed by atoms with Crippen LogP contribution in [0, 0.1) is 5.92 Å². The summed E-state index contributed by atoms with van der Waals surface area (Å²) in [4.78, 5) is 22.9. The van der Waals surface area contributed by atoms with E-state index in [0.29, 0.717) is 5.57 Å². The number of fused-ring (bicyclic) bond motifs is 1. The highest BCUT2D eigenvalue weighted by molar-refractivity contribution is 6.04. The molecule has 2 amide bonds. The molecule has 1 heterocycles. The van der Waals surface area contributed by atoms with Crippen molar-refractivity contribution in [3.8, 4) is 0 Å². The summed E-state index contributed by atoms with van der Waals surface area (Å²) in [5.74, 6) is -0.432. The second-order valence-electron chi connectivity index (χ2n) is 3.79. The van der Waals surface area contributed by atoms with E-state index < -0.39 is 0 Å². The Morgan fingerprint density at radius 2 is 2.00 bits per heavy atom. The van der Waals surface area contributed by atoms with Gasteiger partial charge >= 0.3 is 0 Å². The molecule has 0 radical (unpaired) electrons. The van der Waals surface area contributed by atoms with Gasteiger partial charge in [-0.2, -0.15) is 0 Å². The Morgan fingerprint density at radius 1 is 1.14 bits per heavy atom. The summed E-state index contributed by atoms with van der Waals surface area (Å²) in [6.07, 6.45) is 6.92. The number of hydrazine groups is 1. The van der Waals surface area contributed by atoms with E-state index in [1.165, 1.54) is 0 Å². The normalized spacial score (nSPS) is 27.7. The average molecular weight is 194 g/mol. The summed E-state index contributed by atoms with van der Waals surface area (Å²) in [6.45, 7) is 0. The molecule has 1 unspecified atom stereocenters. The Hall–Kier alpha value is -1.32. The minimum absolute atomic E-state index is 0.0715. The van der Waals surface area contributed by atoms with Crippen LogP contribution in [0.1, 0.15) is 32.1 Å². The molecule has 2 aliphatic rings. The molecule has 4 heteroatoms. The fraction of sp³-hybridized carbons (Fsp3) is 0.600. The smallest absolute Gasteiger partial charge is 0.266 e. The Morgan fingerprint density at radius 3 is 2.86 bits per heavy atom. The molecule has 1 aliphatic carbocycles. The number of carbonyl (C=O) groups is 2. The van der Waals surface area contributed by atoms with Crippen molar-refractivity contribution in [2.45, 2.75) is 32.1 Å². The minimum atomic E-state index is -0.218. The number of carbonyl (C=O) groups excluding carboxylic acids is 2. The highest BCUT2D eigenvalue weighted by Crippen LogP contribution is 2.25. The first kappa shape index (κ1) is 9.24. The predicted octanol–water partition coefficient (Wildman–Crippen LogP) is 0.654. The lowest BCUT2D eigenvalue weighted by atomic mass is 9.87. The molecule has 1 fully saturated rings. The van der Waals surface area contributed by atoms with Gasteiger partial charge in [-0.15, -0.1) is 0 Å². The van der Waals surface area contributed by atoms with Crippen molar-refractivity contribution in [1.29, 1.82) is 0 Å². The summed E-state index contributed by atoms with van der Waals surface area (Å²) in [6, 6.07) is 0. The topological polar surface area (TPSA) is 58.2 Å². The quantitative estimate of drug-likeness (QED) is 0.595. The van der Waals surface area contributed by atoms with Crippen molar-refractivity contribution in [2.24, 2.45) is 5.92 Å². The maximum absolute atomic E-state index is 11.5. The lowest BCUT2D eigenvalue weighted by Gasteiger charge is -2.26. The molecule has 4 nitrogen and oxygen atoms in total. The van der Waals surface area contributed by atoms with Crippen molar-refractivity contribution in [2.75, 3.05) is 0 Å². The van der Waals surface area contributed by atoms with Gasteiger partial charge in [-0.1, -0.05) is 18.9 Å². The van der Waals surface area contributed by atoms with Gasteiger partial charge in [0.25, 0.3) is 5.91 Å². The highest BCUT2D eigenvalue weighted by Gasteiger charge is 2.32. The van der Waals surface area contributed by atoms with E-state index in [2.05, 4.69) is 10.9 Å². The molecule has 0 bridgehead atoms. The van der Waals surface area contributed by atoms with Gasteiger partial charge in [0.2, 0.25) is 5.91 Å². The molecule has 1 aliphatic heterocycles. The molecule has 1 atom stereocenters. The van der Waals surface area contributed by atoms with Crippen LogP contribution in [0.25, 0.3) is 0 Å². The van der Waals surface area contributed by atoms with Gasteiger partial charge in [-0.05, 0) is 19.3 Å². The molecular weight excluding hydrogens is 180 g/mol. The molecular formula is C10H14N2O2. The van der Waals surface area contributed by atoms with Crippen LogP contribution >= 0.6 is 0 Å². The number of hydrogen-bond donors (Lipinski definition) is 2. The van der Waals surface area contributed by atoms with E-state index >= 15 is 0 Å². The molecule has 0 aromatic heterocycles. The predicted molar refractivity (Wildman–Crippen MR) is 50.9 cm³/mol. The first-order valence-electron chi connectivity index (χ1n) is 5.09. The van der Waals surface area contributed by atoms with Crippen LogP contribution in [0.2, 0.25) is 0 Å². The van der Waals surface area contributed by atoms with Crippen molar-refractivity contribution in [1.82, 2.24) is 10.9 Å². The van der Waals surface area contributed by atoms with Gasteiger partial charge in [0.1, 0.15) is 0 Å². The largest absolute Gasteiger partial charge is 0.273 e. The first-order chi connectivity index (χ1) is 6.79. The third-order valence-electron chi connectivity index (χ3n) is 2.81. The zero-order valence-corrected chi connectivity index (χ0v) is 8.01. The second-order valence-corrected chi connectivity index (χ2v) is 3.79. The SMILES string of the molecule is O=C1NNC(=O)C2CCCCCC=C12. The molecule has 0 aromatic rings. The molecule has 76 valence electrons. The fourth-order valence-corrected chi connectivity index (χ4v) is 2.03. The molecule has 2 N–H and O–H groups in total. The van der Waals surface area contributed by atoms with Crippen LogP contribution in [0.4, 0.5) is 0 Å². The standard InChI is InChI=1S/C10H14N2O2/c13-9-7-5-3-1-2-4-6-8(7)10(14)12-11-9/h5,8H,1-4,6H2,(H,11,13)(H,12,14). The van der Waals surface area contributed by atoms with E-state index in [0.717, 1.165) is 32.1 Å². The Kier molecular flexibility index (Phi) is 2.52. The van der Waals surface area contributed by atoms with E-state index in [9.17, 15) is 9.59 Å². The van der Waals surface area contributed by atoms with Gasteiger partial charge in [-0.25, -0.2) is 0 Å². The van der Waals surface area contributed by atoms with E-state index in [1.807, 2.05) is 6.08 Å². The zero-order valence-electron chi connectivity index (χ0n) is 8.01. The number of amides is 2. The lowest BCUT2D eigenvalue weighted by Crippen LogP contribution is -2.52. The van der Waals surface area contributed by atoms with Gasteiger partial charge in [0.05, 0.1) is 5.92 Å². The Bertz CT molecular complexity index is 296. The first-order valence-corrected chi connectivity index (χ1v) is 5.09. The third-order valence-corrected chi connectivity index (χ3v) is 2.81.